The molecule has 0 bridgehead atoms. The molecule has 0 atom stereocenters. The van der Waals surface area contributed by atoms with E-state index in [1.54, 1.807) is 0 Å². The van der Waals surface area contributed by atoms with Crippen LogP contribution in [0.3, 0.4) is 0 Å². The average molecular weight is 454 g/mol. The third kappa shape index (κ3) is 3.74. The van der Waals surface area contributed by atoms with E-state index in [9.17, 15) is 0 Å². The molecule has 0 N–H and O–H groups in total. The summed E-state index contributed by atoms with van der Waals surface area (Å²) in [6.45, 7) is 6.85. The van der Waals surface area contributed by atoms with Crippen molar-refractivity contribution in [2.24, 2.45) is 0 Å². The lowest BCUT2D eigenvalue weighted by Crippen LogP contribution is -2.16. The van der Waals surface area contributed by atoms with Gasteiger partial charge in [0, 0.05) is 22.1 Å². The first-order valence-corrected chi connectivity index (χ1v) is 12.1. The Hall–Kier alpha value is -4.11. The van der Waals surface area contributed by atoms with Gasteiger partial charge in [0.15, 0.2) is 17.5 Å². The molecule has 4 aromatic rings. The third-order valence-electron chi connectivity index (χ3n) is 7.02. The Kier molecular flexibility index (Phi) is 5.07. The molecule has 3 aromatic carbocycles. The maximum Gasteiger partial charge on any atom is 0.164 e. The largest absolute Gasteiger partial charge is 0.208 e. The number of benzene rings is 3. The second-order valence-electron chi connectivity index (χ2n) is 9.85. The Morgan fingerprint density at radius 1 is 0.686 bits per heavy atom. The highest BCUT2D eigenvalue weighted by atomic mass is 15.0. The summed E-state index contributed by atoms with van der Waals surface area (Å²) in [5.41, 5.74) is 9.62. The Labute approximate surface area is 206 Å². The number of hydrogen-bond donors (Lipinski definition) is 0. The van der Waals surface area contributed by atoms with Gasteiger partial charge < -0.3 is 0 Å². The number of hydrogen-bond acceptors (Lipinski definition) is 3. The van der Waals surface area contributed by atoms with Gasteiger partial charge in [0.25, 0.3) is 0 Å². The quantitative estimate of drug-likeness (QED) is 0.317. The minimum Gasteiger partial charge on any atom is -0.208 e. The predicted octanol–water partition coefficient (Wildman–Crippen LogP) is 7.82. The zero-order valence-corrected chi connectivity index (χ0v) is 20.3. The molecule has 3 heteroatoms. The average Bonchev–Trinajstić information content (AvgIpc) is 3.01. The maximum absolute atomic E-state index is 4.93. The summed E-state index contributed by atoms with van der Waals surface area (Å²) in [6, 6.07) is 26.9. The molecule has 3 nitrogen and oxygen atoms in total. The lowest BCUT2D eigenvalue weighted by Gasteiger charge is -2.24. The lowest BCUT2D eigenvalue weighted by atomic mass is 9.80. The molecule has 35 heavy (non-hydrogen) atoms. The normalized spacial score (nSPS) is 15.9. The van der Waals surface area contributed by atoms with Gasteiger partial charge in [0.2, 0.25) is 0 Å². The summed E-state index contributed by atoms with van der Waals surface area (Å²) in [4.78, 5) is 14.7. The van der Waals surface area contributed by atoms with E-state index in [-0.39, 0.29) is 5.41 Å². The molecule has 1 aromatic heterocycles. The SMILES string of the molecule is CC1=CC2=C(C=CC1)c1ccc(-c3nc(-c4ccccc4)nc(-c4ccccc4)n3)cc1C2(C)C. The Balaban J connectivity index is 1.52. The fourth-order valence-corrected chi connectivity index (χ4v) is 5.11. The van der Waals surface area contributed by atoms with Crippen LogP contribution in [-0.4, -0.2) is 15.0 Å². The zero-order valence-electron chi connectivity index (χ0n) is 20.3. The molecule has 6 rings (SSSR count). The molecule has 0 amide bonds. The number of fused-ring (bicyclic) bond motifs is 2. The fraction of sp³-hybridized carbons (Fsp3) is 0.156. The van der Waals surface area contributed by atoms with Gasteiger partial charge in [0.05, 0.1) is 0 Å². The van der Waals surface area contributed by atoms with Crippen LogP contribution in [0.5, 0.6) is 0 Å². The highest BCUT2D eigenvalue weighted by Crippen LogP contribution is 2.49. The van der Waals surface area contributed by atoms with Gasteiger partial charge >= 0.3 is 0 Å². The predicted molar refractivity (Wildman–Crippen MR) is 144 cm³/mol. The summed E-state index contributed by atoms with van der Waals surface area (Å²) in [5.74, 6) is 2.06. The summed E-state index contributed by atoms with van der Waals surface area (Å²) in [6.07, 6.45) is 7.95. The molecule has 170 valence electrons. The smallest absolute Gasteiger partial charge is 0.164 e. The molecule has 0 saturated carbocycles. The third-order valence-corrected chi connectivity index (χ3v) is 7.02. The van der Waals surface area contributed by atoms with Gasteiger partial charge in [-0.2, -0.15) is 0 Å². The molecule has 1 heterocycles. The topological polar surface area (TPSA) is 38.7 Å². The number of nitrogens with zero attached hydrogens (tertiary/aromatic N) is 3. The van der Waals surface area contributed by atoms with Crippen molar-refractivity contribution in [3.05, 3.63) is 119 Å². The van der Waals surface area contributed by atoms with Crippen LogP contribution in [0, 0.1) is 0 Å². The van der Waals surface area contributed by atoms with Crippen molar-refractivity contribution in [3.8, 4) is 34.2 Å². The van der Waals surface area contributed by atoms with Crippen LogP contribution in [0.25, 0.3) is 39.7 Å². The number of rotatable bonds is 3. The molecule has 0 spiro atoms. The minimum atomic E-state index is -0.0891. The second kappa shape index (κ2) is 8.28. The van der Waals surface area contributed by atoms with E-state index in [0.717, 1.165) is 23.1 Å². The number of aromatic nitrogens is 3. The van der Waals surface area contributed by atoms with Crippen molar-refractivity contribution in [3.63, 3.8) is 0 Å². The van der Waals surface area contributed by atoms with Crippen molar-refractivity contribution in [1.29, 1.82) is 0 Å². The standard InChI is InChI=1S/C32H27N3/c1-21-11-10-16-25-26-18-17-24(20-28(26)32(2,3)27(25)19-21)31-34-29(22-12-6-4-7-13-22)33-30(35-31)23-14-8-5-9-15-23/h4-10,12-20H,11H2,1-3H3. The highest BCUT2D eigenvalue weighted by molar-refractivity contribution is 5.89. The molecule has 2 aliphatic carbocycles. The van der Waals surface area contributed by atoms with Gasteiger partial charge in [-0.15, -0.1) is 0 Å². The van der Waals surface area contributed by atoms with Crippen LogP contribution >= 0.6 is 0 Å². The molecular formula is C32H27N3. The van der Waals surface area contributed by atoms with Crippen molar-refractivity contribution >= 4 is 5.57 Å². The van der Waals surface area contributed by atoms with Gasteiger partial charge in [-0.1, -0.05) is 110 Å². The zero-order chi connectivity index (χ0) is 24.0. The van der Waals surface area contributed by atoms with Crippen LogP contribution in [0.15, 0.2) is 108 Å². The summed E-state index contributed by atoms with van der Waals surface area (Å²) >= 11 is 0. The molecule has 0 radical (unpaired) electrons. The van der Waals surface area contributed by atoms with Gasteiger partial charge in [-0.25, -0.2) is 15.0 Å². The first-order valence-electron chi connectivity index (χ1n) is 12.1. The van der Waals surface area contributed by atoms with Gasteiger partial charge in [0.1, 0.15) is 0 Å². The van der Waals surface area contributed by atoms with Gasteiger partial charge in [-0.05, 0) is 41.7 Å². The molecule has 2 aliphatic rings. The van der Waals surface area contributed by atoms with Crippen LogP contribution in [0.4, 0.5) is 0 Å². The Bertz CT molecular complexity index is 1470. The van der Waals surface area contributed by atoms with E-state index in [2.05, 4.69) is 57.2 Å². The summed E-state index contributed by atoms with van der Waals surface area (Å²) in [5, 5.41) is 0. The second-order valence-corrected chi connectivity index (χ2v) is 9.85. The van der Waals surface area contributed by atoms with Crippen LogP contribution in [0.2, 0.25) is 0 Å². The number of allylic oxidation sites excluding steroid dienone is 6. The highest BCUT2D eigenvalue weighted by Gasteiger charge is 2.36. The van der Waals surface area contributed by atoms with Crippen LogP contribution < -0.4 is 0 Å². The van der Waals surface area contributed by atoms with Crippen molar-refractivity contribution in [2.75, 3.05) is 0 Å². The van der Waals surface area contributed by atoms with Crippen molar-refractivity contribution < 1.29 is 0 Å². The van der Waals surface area contributed by atoms with Gasteiger partial charge in [-0.3, -0.25) is 0 Å². The molecule has 0 unspecified atom stereocenters. The molecular weight excluding hydrogens is 426 g/mol. The van der Waals surface area contributed by atoms with E-state index in [0.29, 0.717) is 17.5 Å². The van der Waals surface area contributed by atoms with E-state index >= 15 is 0 Å². The first kappa shape index (κ1) is 21.4. The summed E-state index contributed by atoms with van der Waals surface area (Å²) in [7, 11) is 0. The van der Waals surface area contributed by atoms with Crippen LogP contribution in [0.1, 0.15) is 38.3 Å². The van der Waals surface area contributed by atoms with Crippen molar-refractivity contribution in [1.82, 2.24) is 15.0 Å². The molecule has 0 saturated heterocycles. The van der Waals surface area contributed by atoms with E-state index in [4.69, 9.17) is 15.0 Å². The lowest BCUT2D eigenvalue weighted by molar-refractivity contribution is 0.653. The fourth-order valence-electron chi connectivity index (χ4n) is 5.11. The Morgan fingerprint density at radius 2 is 1.26 bits per heavy atom. The van der Waals surface area contributed by atoms with E-state index in [1.807, 2.05) is 60.7 Å². The van der Waals surface area contributed by atoms with E-state index in [1.165, 1.54) is 27.8 Å². The monoisotopic (exact) mass is 453 g/mol. The van der Waals surface area contributed by atoms with E-state index < -0.39 is 0 Å². The minimum absolute atomic E-state index is 0.0891. The molecule has 0 fully saturated rings. The van der Waals surface area contributed by atoms with Crippen LogP contribution in [-0.2, 0) is 5.41 Å². The first-order chi connectivity index (χ1) is 17.0. The Morgan fingerprint density at radius 3 is 1.86 bits per heavy atom. The molecule has 0 aliphatic heterocycles. The summed E-state index contributed by atoms with van der Waals surface area (Å²) < 4.78 is 0. The maximum atomic E-state index is 4.93. The van der Waals surface area contributed by atoms with Crippen molar-refractivity contribution in [2.45, 2.75) is 32.6 Å².